The quantitative estimate of drug-likeness (QED) is 0.773. The van der Waals surface area contributed by atoms with E-state index in [1.165, 1.54) is 0 Å². The Balaban J connectivity index is 1.41. The van der Waals surface area contributed by atoms with Crippen molar-refractivity contribution >= 4 is 16.8 Å². The SMILES string of the molecule is Cc1nc2ccccc2c(C)c1CC(=O)NCC1COc2ccccc2O1. The van der Waals surface area contributed by atoms with E-state index in [1.807, 2.05) is 55.5 Å². The first-order chi connectivity index (χ1) is 13.1. The number of pyridine rings is 1. The number of nitrogens with one attached hydrogen (secondary N) is 1. The Morgan fingerprint density at radius 3 is 2.70 bits per heavy atom. The van der Waals surface area contributed by atoms with Crippen molar-refractivity contribution in [3.05, 3.63) is 65.4 Å². The highest BCUT2D eigenvalue weighted by Gasteiger charge is 2.21. The molecule has 1 aliphatic rings. The summed E-state index contributed by atoms with van der Waals surface area (Å²) < 4.78 is 11.6. The van der Waals surface area contributed by atoms with Crippen molar-refractivity contribution in [2.45, 2.75) is 26.4 Å². The number of carbonyl (C=O) groups is 1. The molecule has 0 saturated carbocycles. The highest BCUT2D eigenvalue weighted by molar-refractivity contribution is 5.86. The molecule has 5 nitrogen and oxygen atoms in total. The van der Waals surface area contributed by atoms with Crippen molar-refractivity contribution < 1.29 is 14.3 Å². The van der Waals surface area contributed by atoms with Gasteiger partial charge in [-0.2, -0.15) is 0 Å². The van der Waals surface area contributed by atoms with E-state index in [9.17, 15) is 4.79 Å². The molecule has 4 rings (SSSR count). The standard InChI is InChI=1S/C22H22N2O3/c1-14-17-7-3-4-8-19(17)24-15(2)18(14)11-22(25)23-12-16-13-26-20-9-5-6-10-21(20)27-16/h3-10,16H,11-13H2,1-2H3,(H,23,25). The van der Waals surface area contributed by atoms with Gasteiger partial charge in [-0.3, -0.25) is 9.78 Å². The average Bonchev–Trinajstić information content (AvgIpc) is 2.69. The molecule has 0 fully saturated rings. The Morgan fingerprint density at radius 1 is 1.11 bits per heavy atom. The van der Waals surface area contributed by atoms with Crippen molar-refractivity contribution in [1.82, 2.24) is 10.3 Å². The molecule has 0 bridgehead atoms. The summed E-state index contributed by atoms with van der Waals surface area (Å²) in [5.41, 5.74) is 3.95. The molecule has 1 atom stereocenters. The van der Waals surface area contributed by atoms with Crippen molar-refractivity contribution in [3.8, 4) is 11.5 Å². The first kappa shape index (κ1) is 17.3. The van der Waals surface area contributed by atoms with Gasteiger partial charge in [0.15, 0.2) is 11.5 Å². The van der Waals surface area contributed by atoms with E-state index in [2.05, 4.69) is 17.2 Å². The van der Waals surface area contributed by atoms with Gasteiger partial charge in [-0.15, -0.1) is 0 Å². The summed E-state index contributed by atoms with van der Waals surface area (Å²) >= 11 is 0. The highest BCUT2D eigenvalue weighted by atomic mass is 16.6. The second kappa shape index (κ2) is 7.27. The van der Waals surface area contributed by atoms with Gasteiger partial charge < -0.3 is 14.8 Å². The van der Waals surface area contributed by atoms with E-state index < -0.39 is 0 Å². The third-order valence-electron chi connectivity index (χ3n) is 4.92. The maximum Gasteiger partial charge on any atom is 0.224 e. The number of nitrogens with zero attached hydrogens (tertiary/aromatic N) is 1. The molecular weight excluding hydrogens is 340 g/mol. The molecule has 5 heteroatoms. The van der Waals surface area contributed by atoms with Gasteiger partial charge in [0.1, 0.15) is 12.7 Å². The topological polar surface area (TPSA) is 60.5 Å². The Bertz CT molecular complexity index is 1000. The first-order valence-electron chi connectivity index (χ1n) is 9.12. The molecule has 1 aliphatic heterocycles. The predicted octanol–water partition coefficient (Wildman–Crippen LogP) is 3.35. The molecule has 1 aromatic heterocycles. The zero-order chi connectivity index (χ0) is 18.8. The molecule has 27 heavy (non-hydrogen) atoms. The molecule has 1 N–H and O–H groups in total. The number of benzene rings is 2. The van der Waals surface area contributed by atoms with E-state index in [1.54, 1.807) is 0 Å². The lowest BCUT2D eigenvalue weighted by Crippen LogP contribution is -2.41. The van der Waals surface area contributed by atoms with Gasteiger partial charge >= 0.3 is 0 Å². The smallest absolute Gasteiger partial charge is 0.224 e. The van der Waals surface area contributed by atoms with Crippen LogP contribution in [0.25, 0.3) is 10.9 Å². The number of ether oxygens (including phenoxy) is 2. The van der Waals surface area contributed by atoms with Crippen molar-refractivity contribution in [2.75, 3.05) is 13.2 Å². The van der Waals surface area contributed by atoms with Crippen molar-refractivity contribution in [1.29, 1.82) is 0 Å². The second-order valence-electron chi connectivity index (χ2n) is 6.80. The van der Waals surface area contributed by atoms with Crippen molar-refractivity contribution in [2.24, 2.45) is 0 Å². The number of hydrogen-bond acceptors (Lipinski definition) is 4. The average molecular weight is 362 g/mol. The minimum Gasteiger partial charge on any atom is -0.486 e. The van der Waals surface area contributed by atoms with Crippen LogP contribution in [-0.4, -0.2) is 30.1 Å². The molecule has 2 aromatic carbocycles. The molecule has 0 spiro atoms. The van der Waals surface area contributed by atoms with Gasteiger partial charge in [0, 0.05) is 11.1 Å². The third kappa shape index (κ3) is 3.58. The van der Waals surface area contributed by atoms with Crippen LogP contribution in [0.2, 0.25) is 0 Å². The van der Waals surface area contributed by atoms with Crippen LogP contribution >= 0.6 is 0 Å². The Morgan fingerprint density at radius 2 is 1.85 bits per heavy atom. The largest absolute Gasteiger partial charge is 0.486 e. The van der Waals surface area contributed by atoms with Gasteiger partial charge in [-0.05, 0) is 43.2 Å². The van der Waals surface area contributed by atoms with Gasteiger partial charge in [0.05, 0.1) is 18.5 Å². The molecule has 138 valence electrons. The molecule has 2 heterocycles. The fraction of sp³-hybridized carbons (Fsp3) is 0.273. The Kier molecular flexibility index (Phi) is 4.67. The van der Waals surface area contributed by atoms with Crippen LogP contribution < -0.4 is 14.8 Å². The van der Waals surface area contributed by atoms with Gasteiger partial charge in [0.25, 0.3) is 0 Å². The lowest BCUT2D eigenvalue weighted by molar-refractivity contribution is -0.121. The van der Waals surface area contributed by atoms with Crippen LogP contribution in [0.5, 0.6) is 11.5 Å². The first-order valence-corrected chi connectivity index (χ1v) is 9.12. The zero-order valence-corrected chi connectivity index (χ0v) is 15.5. The summed E-state index contributed by atoms with van der Waals surface area (Å²) in [6, 6.07) is 15.6. The van der Waals surface area contributed by atoms with Crippen LogP contribution in [0, 0.1) is 13.8 Å². The number of carbonyl (C=O) groups excluding carboxylic acids is 1. The van der Waals surface area contributed by atoms with Crippen LogP contribution in [0.4, 0.5) is 0 Å². The van der Waals surface area contributed by atoms with E-state index in [0.29, 0.717) is 25.3 Å². The fourth-order valence-electron chi connectivity index (χ4n) is 3.45. The molecule has 1 amide bonds. The summed E-state index contributed by atoms with van der Waals surface area (Å²) in [6.45, 7) is 4.84. The molecule has 0 radical (unpaired) electrons. The number of rotatable bonds is 4. The lowest BCUT2D eigenvalue weighted by Gasteiger charge is -2.26. The monoisotopic (exact) mass is 362 g/mol. The maximum absolute atomic E-state index is 12.5. The highest BCUT2D eigenvalue weighted by Crippen LogP contribution is 2.30. The summed E-state index contributed by atoms with van der Waals surface area (Å²) in [5.74, 6) is 1.42. The van der Waals surface area contributed by atoms with Crippen molar-refractivity contribution in [3.63, 3.8) is 0 Å². The summed E-state index contributed by atoms with van der Waals surface area (Å²) in [4.78, 5) is 17.1. The summed E-state index contributed by atoms with van der Waals surface area (Å²) in [6.07, 6.45) is 0.111. The number of hydrogen-bond donors (Lipinski definition) is 1. The molecular formula is C22H22N2O3. The normalized spacial score (nSPS) is 15.6. The number of aryl methyl sites for hydroxylation is 2. The third-order valence-corrected chi connectivity index (χ3v) is 4.92. The molecule has 0 aliphatic carbocycles. The van der Waals surface area contributed by atoms with Crippen LogP contribution in [0.15, 0.2) is 48.5 Å². The minimum atomic E-state index is -0.194. The second-order valence-corrected chi connectivity index (χ2v) is 6.80. The van der Waals surface area contributed by atoms with E-state index in [0.717, 1.165) is 33.5 Å². The van der Waals surface area contributed by atoms with Gasteiger partial charge in [0.2, 0.25) is 5.91 Å². The summed E-state index contributed by atoms with van der Waals surface area (Å²) in [7, 11) is 0. The van der Waals surface area contributed by atoms with E-state index in [4.69, 9.17) is 9.47 Å². The maximum atomic E-state index is 12.5. The number of para-hydroxylation sites is 3. The number of fused-ring (bicyclic) bond motifs is 2. The van der Waals surface area contributed by atoms with Crippen LogP contribution in [-0.2, 0) is 11.2 Å². The summed E-state index contributed by atoms with van der Waals surface area (Å²) in [5, 5.41) is 4.05. The van der Waals surface area contributed by atoms with Crippen LogP contribution in [0.3, 0.4) is 0 Å². The molecule has 1 unspecified atom stereocenters. The number of amides is 1. The molecule has 3 aromatic rings. The fourth-order valence-corrected chi connectivity index (χ4v) is 3.45. The molecule has 0 saturated heterocycles. The predicted molar refractivity (Wildman–Crippen MR) is 104 cm³/mol. The zero-order valence-electron chi connectivity index (χ0n) is 15.5. The van der Waals surface area contributed by atoms with Crippen LogP contribution in [0.1, 0.15) is 16.8 Å². The number of aromatic nitrogens is 1. The lowest BCUT2D eigenvalue weighted by atomic mass is 9.99. The Labute approximate surface area is 158 Å². The van der Waals surface area contributed by atoms with Gasteiger partial charge in [-0.1, -0.05) is 30.3 Å². The van der Waals surface area contributed by atoms with E-state index in [-0.39, 0.29) is 12.0 Å². The minimum absolute atomic E-state index is 0.0410. The van der Waals surface area contributed by atoms with E-state index >= 15 is 0 Å². The van der Waals surface area contributed by atoms with Gasteiger partial charge in [-0.25, -0.2) is 0 Å². The Hall–Kier alpha value is -3.08.